The lowest BCUT2D eigenvalue weighted by atomic mass is 10.1. The summed E-state index contributed by atoms with van der Waals surface area (Å²) in [4.78, 5) is 30.8. The van der Waals surface area contributed by atoms with Gasteiger partial charge in [0.15, 0.2) is 0 Å². The number of carbonyl (C=O) groups excluding carboxylic acids is 1. The molecule has 8 heteroatoms. The van der Waals surface area contributed by atoms with Gasteiger partial charge in [0.2, 0.25) is 5.76 Å². The number of methoxy groups -OCH3 is 1. The number of esters is 1. The first-order chi connectivity index (χ1) is 15.2. The smallest absolute Gasteiger partial charge is 0.373 e. The molecule has 0 aliphatic carbocycles. The van der Waals surface area contributed by atoms with Crippen molar-refractivity contribution in [1.82, 2.24) is 9.55 Å². The van der Waals surface area contributed by atoms with Crippen LogP contribution in [0.3, 0.4) is 0 Å². The topological polar surface area (TPSA) is 87.5 Å². The monoisotopic (exact) mass is 432 g/mol. The van der Waals surface area contributed by atoms with Gasteiger partial charge in [0.25, 0.3) is 5.56 Å². The maximum absolute atomic E-state index is 13.7. The number of furan rings is 2. The molecule has 4 heterocycles. The number of hydrogen-bond donors (Lipinski definition) is 0. The Balaban J connectivity index is 1.71. The van der Waals surface area contributed by atoms with Gasteiger partial charge in [-0.15, -0.1) is 11.3 Å². The van der Waals surface area contributed by atoms with Gasteiger partial charge in [0.05, 0.1) is 25.3 Å². The fourth-order valence-corrected chi connectivity index (χ4v) is 4.34. The predicted octanol–water partition coefficient (Wildman–Crippen LogP) is 4.81. The quantitative estimate of drug-likeness (QED) is 0.370. The van der Waals surface area contributed by atoms with Crippen LogP contribution in [-0.2, 0) is 11.3 Å². The van der Waals surface area contributed by atoms with E-state index in [1.54, 1.807) is 23.0 Å². The lowest BCUT2D eigenvalue weighted by Crippen LogP contribution is -2.23. The molecule has 0 aliphatic heterocycles. The minimum absolute atomic E-state index is 0.0765. The first-order valence-electron chi connectivity index (χ1n) is 9.44. The van der Waals surface area contributed by atoms with Crippen LogP contribution in [0.4, 0.5) is 0 Å². The maximum Gasteiger partial charge on any atom is 0.373 e. The molecular formula is C23H16N2O5S. The van der Waals surface area contributed by atoms with Crippen molar-refractivity contribution >= 4 is 27.5 Å². The highest BCUT2D eigenvalue weighted by Crippen LogP contribution is 2.32. The Morgan fingerprint density at radius 1 is 1.13 bits per heavy atom. The predicted molar refractivity (Wildman–Crippen MR) is 116 cm³/mol. The molecule has 4 aromatic heterocycles. The fourth-order valence-electron chi connectivity index (χ4n) is 3.42. The molecule has 5 aromatic rings. The highest BCUT2D eigenvalue weighted by atomic mass is 32.1. The van der Waals surface area contributed by atoms with Crippen LogP contribution in [0.5, 0.6) is 0 Å². The standard InChI is InChI=1S/C23H16N2O5S/c1-28-23(27)18-10-9-15(30-18)12-25-20(14-6-3-2-4-7-14)24-21-19(22(25)26)16(13-31-21)17-8-5-11-29-17/h2-11,13H,12H2,1H3. The molecule has 0 aliphatic rings. The van der Waals surface area contributed by atoms with E-state index in [0.29, 0.717) is 33.1 Å². The number of aromatic nitrogens is 2. The van der Waals surface area contributed by atoms with Crippen molar-refractivity contribution in [3.8, 4) is 22.7 Å². The zero-order valence-electron chi connectivity index (χ0n) is 16.4. The van der Waals surface area contributed by atoms with Crippen molar-refractivity contribution in [2.24, 2.45) is 0 Å². The Labute approximate surface area is 180 Å². The van der Waals surface area contributed by atoms with Crippen LogP contribution < -0.4 is 5.56 Å². The van der Waals surface area contributed by atoms with Crippen molar-refractivity contribution in [2.45, 2.75) is 6.54 Å². The van der Waals surface area contributed by atoms with Gasteiger partial charge in [0.1, 0.15) is 22.2 Å². The number of hydrogen-bond acceptors (Lipinski definition) is 7. The summed E-state index contributed by atoms with van der Waals surface area (Å²) in [6.45, 7) is 0.108. The Morgan fingerprint density at radius 2 is 1.97 bits per heavy atom. The summed E-state index contributed by atoms with van der Waals surface area (Å²) in [5.41, 5.74) is 1.28. The molecule has 0 fully saturated rings. The molecule has 31 heavy (non-hydrogen) atoms. The summed E-state index contributed by atoms with van der Waals surface area (Å²) in [6.07, 6.45) is 1.57. The SMILES string of the molecule is COC(=O)c1ccc(Cn2c(-c3ccccc3)nc3scc(-c4ccco4)c3c2=O)o1. The highest BCUT2D eigenvalue weighted by molar-refractivity contribution is 7.17. The summed E-state index contributed by atoms with van der Waals surface area (Å²) in [7, 11) is 1.28. The second kappa shape index (κ2) is 7.73. The number of benzene rings is 1. The Kier molecular flexibility index (Phi) is 4.76. The molecule has 0 spiro atoms. The van der Waals surface area contributed by atoms with Crippen molar-refractivity contribution < 1.29 is 18.4 Å². The lowest BCUT2D eigenvalue weighted by molar-refractivity contribution is 0.0563. The second-order valence-electron chi connectivity index (χ2n) is 6.76. The van der Waals surface area contributed by atoms with E-state index >= 15 is 0 Å². The van der Waals surface area contributed by atoms with Crippen molar-refractivity contribution in [1.29, 1.82) is 0 Å². The molecule has 5 rings (SSSR count). The van der Waals surface area contributed by atoms with Crippen LogP contribution in [0, 0.1) is 0 Å². The van der Waals surface area contributed by atoms with E-state index < -0.39 is 5.97 Å². The maximum atomic E-state index is 13.7. The van der Waals surface area contributed by atoms with Crippen LogP contribution in [0.2, 0.25) is 0 Å². The zero-order valence-corrected chi connectivity index (χ0v) is 17.2. The average molecular weight is 432 g/mol. The number of ether oxygens (including phenoxy) is 1. The molecule has 0 amide bonds. The third-order valence-electron chi connectivity index (χ3n) is 4.87. The first-order valence-corrected chi connectivity index (χ1v) is 10.3. The van der Waals surface area contributed by atoms with Gasteiger partial charge in [-0.25, -0.2) is 9.78 Å². The summed E-state index contributed by atoms with van der Waals surface area (Å²) in [5, 5.41) is 2.36. The van der Waals surface area contributed by atoms with Crippen molar-refractivity contribution in [3.05, 3.63) is 88.1 Å². The van der Waals surface area contributed by atoms with Crippen molar-refractivity contribution in [2.75, 3.05) is 7.11 Å². The molecule has 0 atom stereocenters. The van der Waals surface area contributed by atoms with Gasteiger partial charge in [-0.05, 0) is 24.3 Å². The highest BCUT2D eigenvalue weighted by Gasteiger charge is 2.20. The minimum Gasteiger partial charge on any atom is -0.464 e. The van der Waals surface area contributed by atoms with E-state index in [-0.39, 0.29) is 17.9 Å². The van der Waals surface area contributed by atoms with Crippen LogP contribution in [-0.4, -0.2) is 22.6 Å². The summed E-state index contributed by atoms with van der Waals surface area (Å²) in [5.74, 6) is 1.06. The number of carbonyl (C=O) groups is 1. The fraction of sp³-hybridized carbons (Fsp3) is 0.0870. The third-order valence-corrected chi connectivity index (χ3v) is 5.75. The van der Waals surface area contributed by atoms with E-state index in [0.717, 1.165) is 5.56 Å². The Bertz CT molecular complexity index is 1430. The van der Waals surface area contributed by atoms with Crippen molar-refractivity contribution in [3.63, 3.8) is 0 Å². The number of nitrogens with zero attached hydrogens (tertiary/aromatic N) is 2. The molecule has 0 saturated heterocycles. The van der Waals surface area contributed by atoms with Crippen LogP contribution >= 0.6 is 11.3 Å². The van der Waals surface area contributed by atoms with Crippen LogP contribution in [0.15, 0.2) is 79.9 Å². The summed E-state index contributed by atoms with van der Waals surface area (Å²) >= 11 is 1.39. The average Bonchev–Trinajstić information content (AvgIpc) is 3.56. The molecule has 0 bridgehead atoms. The van der Waals surface area contributed by atoms with Crippen LogP contribution in [0.1, 0.15) is 16.3 Å². The number of rotatable bonds is 5. The van der Waals surface area contributed by atoms with Gasteiger partial charge < -0.3 is 13.6 Å². The third kappa shape index (κ3) is 3.36. The molecular weight excluding hydrogens is 416 g/mol. The summed E-state index contributed by atoms with van der Waals surface area (Å²) < 4.78 is 17.4. The normalized spacial score (nSPS) is 11.1. The largest absolute Gasteiger partial charge is 0.464 e. The van der Waals surface area contributed by atoms with Gasteiger partial charge in [-0.2, -0.15) is 0 Å². The van der Waals surface area contributed by atoms with Gasteiger partial charge >= 0.3 is 5.97 Å². The van der Waals surface area contributed by atoms with E-state index in [1.165, 1.54) is 24.5 Å². The summed E-state index contributed by atoms with van der Waals surface area (Å²) in [6, 6.07) is 16.2. The lowest BCUT2D eigenvalue weighted by Gasteiger charge is -2.12. The molecule has 154 valence electrons. The molecule has 0 saturated carbocycles. The van der Waals surface area contributed by atoms with Crippen LogP contribution in [0.25, 0.3) is 32.9 Å². The van der Waals surface area contributed by atoms with E-state index in [4.69, 9.17) is 18.6 Å². The Morgan fingerprint density at radius 3 is 2.71 bits per heavy atom. The Hall–Kier alpha value is -3.91. The molecule has 7 nitrogen and oxygen atoms in total. The zero-order chi connectivity index (χ0) is 21.4. The molecule has 0 radical (unpaired) electrons. The van der Waals surface area contributed by atoms with E-state index in [9.17, 15) is 9.59 Å². The van der Waals surface area contributed by atoms with E-state index in [2.05, 4.69) is 0 Å². The number of fused-ring (bicyclic) bond motifs is 1. The second-order valence-corrected chi connectivity index (χ2v) is 7.62. The molecule has 0 unspecified atom stereocenters. The van der Waals surface area contributed by atoms with Gasteiger partial charge in [0, 0.05) is 16.5 Å². The first kappa shape index (κ1) is 19.1. The van der Waals surface area contributed by atoms with E-state index in [1.807, 2.05) is 41.8 Å². The van der Waals surface area contributed by atoms with Gasteiger partial charge in [-0.3, -0.25) is 9.36 Å². The molecule has 1 aromatic carbocycles. The number of thiophene rings is 1. The minimum atomic E-state index is -0.576. The van der Waals surface area contributed by atoms with Gasteiger partial charge in [-0.1, -0.05) is 30.3 Å². The molecule has 0 N–H and O–H groups in total.